The van der Waals surface area contributed by atoms with Crippen molar-refractivity contribution in [3.63, 3.8) is 0 Å². The lowest BCUT2D eigenvalue weighted by molar-refractivity contribution is -0.120. The van der Waals surface area contributed by atoms with Gasteiger partial charge < -0.3 is 9.47 Å². The number of rotatable bonds is 8. The van der Waals surface area contributed by atoms with Gasteiger partial charge in [0, 0.05) is 27.7 Å². The maximum Gasteiger partial charge on any atom is 0.240 e. The van der Waals surface area contributed by atoms with E-state index in [2.05, 4.69) is 10.5 Å². The van der Waals surface area contributed by atoms with Crippen molar-refractivity contribution in [3.05, 3.63) is 53.1 Å². The van der Waals surface area contributed by atoms with Crippen LogP contribution in [-0.4, -0.2) is 31.6 Å². The molecule has 1 N–H and O–H groups in total. The fraction of sp³-hybridized carbons (Fsp3) is 0.263. The highest BCUT2D eigenvalue weighted by atomic mass is 35.5. The van der Waals surface area contributed by atoms with Crippen molar-refractivity contribution >= 4 is 35.0 Å². The van der Waals surface area contributed by atoms with E-state index >= 15 is 0 Å². The molecule has 0 unspecified atom stereocenters. The highest BCUT2D eigenvalue weighted by molar-refractivity contribution is 7.99. The van der Waals surface area contributed by atoms with Crippen LogP contribution < -0.4 is 14.9 Å². The number of carbonyl (C=O) groups excluding carboxylic acids is 1. The van der Waals surface area contributed by atoms with Gasteiger partial charge in [0.25, 0.3) is 0 Å². The van der Waals surface area contributed by atoms with Gasteiger partial charge in [-0.2, -0.15) is 5.10 Å². The summed E-state index contributed by atoms with van der Waals surface area (Å²) in [5.74, 6) is 1.79. The third kappa shape index (κ3) is 5.97. The average Bonchev–Trinajstić information content (AvgIpc) is 2.67. The molecule has 0 saturated heterocycles. The van der Waals surface area contributed by atoms with Gasteiger partial charge in [0.1, 0.15) is 0 Å². The van der Waals surface area contributed by atoms with Gasteiger partial charge in [0.15, 0.2) is 11.5 Å². The molecule has 0 atom stereocenters. The third-order valence-corrected chi connectivity index (χ3v) is 4.83. The summed E-state index contributed by atoms with van der Waals surface area (Å²) in [7, 11) is 3.16. The topological polar surface area (TPSA) is 59.9 Å². The lowest BCUT2D eigenvalue weighted by Gasteiger charge is -2.09. The monoisotopic (exact) mass is 392 g/mol. The molecule has 0 saturated carbocycles. The maximum absolute atomic E-state index is 11.9. The van der Waals surface area contributed by atoms with E-state index in [1.165, 1.54) is 0 Å². The van der Waals surface area contributed by atoms with Gasteiger partial charge in [-0.1, -0.05) is 11.6 Å². The first-order valence-corrected chi connectivity index (χ1v) is 9.33. The summed E-state index contributed by atoms with van der Waals surface area (Å²) in [6.07, 6.45) is 0.371. The highest BCUT2D eigenvalue weighted by Crippen LogP contribution is 2.27. The molecule has 1 amide bonds. The second kappa shape index (κ2) is 10.1. The molecule has 0 aliphatic carbocycles. The fourth-order valence-corrected chi connectivity index (χ4v) is 3.10. The summed E-state index contributed by atoms with van der Waals surface area (Å²) in [6.45, 7) is 1.82. The molecule has 2 aromatic carbocycles. The number of hydrazone groups is 1. The maximum atomic E-state index is 11.9. The summed E-state index contributed by atoms with van der Waals surface area (Å²) < 4.78 is 10.5. The summed E-state index contributed by atoms with van der Waals surface area (Å²) in [4.78, 5) is 13.0. The van der Waals surface area contributed by atoms with E-state index in [1.807, 2.05) is 43.3 Å². The van der Waals surface area contributed by atoms with Gasteiger partial charge in [0.2, 0.25) is 5.91 Å². The number of thioether (sulfide) groups is 1. The van der Waals surface area contributed by atoms with Gasteiger partial charge in [-0.15, -0.1) is 11.8 Å². The Kier molecular flexibility index (Phi) is 7.81. The first kappa shape index (κ1) is 20.1. The summed E-state index contributed by atoms with van der Waals surface area (Å²) in [5.41, 5.74) is 4.12. The van der Waals surface area contributed by atoms with Crippen molar-refractivity contribution in [2.45, 2.75) is 18.2 Å². The minimum atomic E-state index is -0.133. The molecule has 0 aliphatic rings. The first-order valence-electron chi connectivity index (χ1n) is 7.97. The van der Waals surface area contributed by atoms with Crippen molar-refractivity contribution in [2.24, 2.45) is 5.10 Å². The second-order valence-corrected chi connectivity index (χ2v) is 6.96. The number of carbonyl (C=O) groups is 1. The molecule has 0 aromatic heterocycles. The second-order valence-electron chi connectivity index (χ2n) is 5.35. The van der Waals surface area contributed by atoms with Crippen molar-refractivity contribution in [3.8, 4) is 11.5 Å². The molecule has 0 radical (unpaired) electrons. The first-order chi connectivity index (χ1) is 12.5. The van der Waals surface area contributed by atoms with Crippen LogP contribution in [0.4, 0.5) is 0 Å². The van der Waals surface area contributed by atoms with Crippen LogP contribution in [-0.2, 0) is 4.79 Å². The zero-order valence-electron chi connectivity index (χ0n) is 14.9. The predicted octanol–water partition coefficient (Wildman–Crippen LogP) is 4.38. The number of ether oxygens (including phenoxy) is 2. The van der Waals surface area contributed by atoms with E-state index in [0.717, 1.165) is 10.5 Å². The lowest BCUT2D eigenvalue weighted by Crippen LogP contribution is -2.19. The van der Waals surface area contributed by atoms with Crippen LogP contribution in [0.1, 0.15) is 18.9 Å². The van der Waals surface area contributed by atoms with E-state index in [0.29, 0.717) is 34.4 Å². The molecule has 0 bridgehead atoms. The summed E-state index contributed by atoms with van der Waals surface area (Å²) in [5, 5.41) is 4.86. The Bertz CT molecular complexity index is 779. The Morgan fingerprint density at radius 1 is 1.12 bits per heavy atom. The van der Waals surface area contributed by atoms with Gasteiger partial charge in [-0.25, -0.2) is 5.43 Å². The fourth-order valence-electron chi connectivity index (χ4n) is 2.12. The SMILES string of the molecule is COc1ccc(/C(C)=N\NC(=O)CCSc2ccc(Cl)cc2)cc1OC. The Morgan fingerprint density at radius 2 is 1.81 bits per heavy atom. The number of nitrogens with zero attached hydrogens (tertiary/aromatic N) is 1. The summed E-state index contributed by atoms with van der Waals surface area (Å²) in [6, 6.07) is 13.0. The average molecular weight is 393 g/mol. The van der Waals surface area contributed by atoms with Gasteiger partial charge in [-0.3, -0.25) is 4.79 Å². The largest absolute Gasteiger partial charge is 0.493 e. The quantitative estimate of drug-likeness (QED) is 0.411. The van der Waals surface area contributed by atoms with E-state index in [4.69, 9.17) is 21.1 Å². The number of halogens is 1. The lowest BCUT2D eigenvalue weighted by atomic mass is 10.1. The molecule has 2 aromatic rings. The van der Waals surface area contributed by atoms with Crippen LogP contribution in [0, 0.1) is 0 Å². The number of benzene rings is 2. The number of hydrogen-bond acceptors (Lipinski definition) is 5. The molecular formula is C19H21ClN2O3S. The number of amides is 1. The molecular weight excluding hydrogens is 372 g/mol. The van der Waals surface area contributed by atoms with E-state index < -0.39 is 0 Å². The summed E-state index contributed by atoms with van der Waals surface area (Å²) >= 11 is 7.45. The van der Waals surface area contributed by atoms with Crippen LogP contribution in [0.15, 0.2) is 52.5 Å². The number of methoxy groups -OCH3 is 2. The zero-order chi connectivity index (χ0) is 18.9. The van der Waals surface area contributed by atoms with Crippen LogP contribution >= 0.6 is 23.4 Å². The minimum Gasteiger partial charge on any atom is -0.493 e. The third-order valence-electron chi connectivity index (χ3n) is 3.56. The smallest absolute Gasteiger partial charge is 0.240 e. The Labute approximate surface area is 162 Å². The van der Waals surface area contributed by atoms with Crippen LogP contribution in [0.3, 0.4) is 0 Å². The predicted molar refractivity (Wildman–Crippen MR) is 107 cm³/mol. The molecule has 0 heterocycles. The van der Waals surface area contributed by atoms with E-state index in [-0.39, 0.29) is 5.91 Å². The Morgan fingerprint density at radius 3 is 2.46 bits per heavy atom. The Balaban J connectivity index is 1.85. The molecule has 0 aliphatic heterocycles. The van der Waals surface area contributed by atoms with E-state index in [1.54, 1.807) is 32.0 Å². The van der Waals surface area contributed by atoms with Crippen molar-refractivity contribution in [1.82, 2.24) is 5.43 Å². The van der Waals surface area contributed by atoms with Gasteiger partial charge >= 0.3 is 0 Å². The van der Waals surface area contributed by atoms with Crippen molar-refractivity contribution in [1.29, 1.82) is 0 Å². The van der Waals surface area contributed by atoms with Crippen LogP contribution in [0.5, 0.6) is 11.5 Å². The van der Waals surface area contributed by atoms with E-state index in [9.17, 15) is 4.79 Å². The minimum absolute atomic E-state index is 0.133. The molecule has 5 nitrogen and oxygen atoms in total. The zero-order valence-corrected chi connectivity index (χ0v) is 16.5. The van der Waals surface area contributed by atoms with Crippen molar-refractivity contribution < 1.29 is 14.3 Å². The van der Waals surface area contributed by atoms with Gasteiger partial charge in [-0.05, 0) is 49.4 Å². The normalized spacial score (nSPS) is 11.2. The molecule has 7 heteroatoms. The Hall–Kier alpha value is -2.18. The molecule has 0 spiro atoms. The number of hydrogen-bond donors (Lipinski definition) is 1. The standard InChI is InChI=1S/C19H21ClN2O3S/c1-13(14-4-9-17(24-2)18(12-14)25-3)21-22-19(23)10-11-26-16-7-5-15(20)6-8-16/h4-9,12H,10-11H2,1-3H3,(H,22,23)/b21-13-. The van der Waals surface area contributed by atoms with Gasteiger partial charge in [0.05, 0.1) is 19.9 Å². The van der Waals surface area contributed by atoms with Crippen LogP contribution in [0.25, 0.3) is 0 Å². The van der Waals surface area contributed by atoms with Crippen molar-refractivity contribution in [2.75, 3.05) is 20.0 Å². The molecule has 0 fully saturated rings. The molecule has 138 valence electrons. The van der Waals surface area contributed by atoms with Crippen LogP contribution in [0.2, 0.25) is 5.02 Å². The number of nitrogens with one attached hydrogen (secondary N) is 1. The molecule has 26 heavy (non-hydrogen) atoms. The highest BCUT2D eigenvalue weighted by Gasteiger charge is 2.07. The molecule has 2 rings (SSSR count).